The van der Waals surface area contributed by atoms with E-state index in [0.29, 0.717) is 29.8 Å². The molecule has 0 aromatic heterocycles. The van der Waals surface area contributed by atoms with Crippen LogP contribution in [-0.2, 0) is 21.4 Å². The number of piperidine rings is 1. The zero-order chi connectivity index (χ0) is 29.3. The summed E-state index contributed by atoms with van der Waals surface area (Å²) in [4.78, 5) is 35.2. The Morgan fingerprint density at radius 1 is 1.00 bits per heavy atom. The minimum absolute atomic E-state index is 0.169. The molecule has 2 aliphatic carbocycles. The van der Waals surface area contributed by atoms with Gasteiger partial charge in [-0.1, -0.05) is 18.9 Å². The van der Waals surface area contributed by atoms with Crippen molar-refractivity contribution in [2.45, 2.75) is 62.2 Å². The average Bonchev–Trinajstić information content (AvgIpc) is 3.46. The molecule has 0 spiro atoms. The maximum atomic E-state index is 13.2. The van der Waals surface area contributed by atoms with Gasteiger partial charge in [-0.05, 0) is 79.6 Å². The first-order valence-electron chi connectivity index (χ1n) is 13.8. The predicted molar refractivity (Wildman–Crippen MR) is 144 cm³/mol. The minimum atomic E-state index is -2.27. The summed E-state index contributed by atoms with van der Waals surface area (Å²) in [5.41, 5.74) is 3.94. The summed E-state index contributed by atoms with van der Waals surface area (Å²) in [6.07, 6.45) is 2.74. The van der Waals surface area contributed by atoms with E-state index in [-0.39, 0.29) is 18.0 Å². The fourth-order valence-corrected chi connectivity index (χ4v) is 7.00. The number of carboxylic acid groups (broad SMARTS) is 2. The zero-order valence-electron chi connectivity index (χ0n) is 22.8. The van der Waals surface area contributed by atoms with Crippen molar-refractivity contribution in [1.29, 1.82) is 0 Å². The number of hydrogen-bond acceptors (Lipinski definition) is 9. The Hall–Kier alpha value is -3.67. The summed E-state index contributed by atoms with van der Waals surface area (Å²) in [7, 11) is 1.76. The summed E-state index contributed by atoms with van der Waals surface area (Å²) >= 11 is 0. The lowest BCUT2D eigenvalue weighted by Gasteiger charge is -2.59. The topological polar surface area (TPSA) is 163 Å². The number of likely N-dealkylation sites (tertiary alicyclic amines) is 1. The van der Waals surface area contributed by atoms with Crippen LogP contribution in [-0.4, -0.2) is 88.3 Å². The summed E-state index contributed by atoms with van der Waals surface area (Å²) in [5, 5.41) is 32.5. The smallest absolute Gasteiger partial charge is 0.335 e. The van der Waals surface area contributed by atoms with Gasteiger partial charge in [0, 0.05) is 17.0 Å². The van der Waals surface area contributed by atoms with Crippen molar-refractivity contribution in [2.24, 2.45) is 5.92 Å². The van der Waals surface area contributed by atoms with Gasteiger partial charge in [-0.2, -0.15) is 0 Å². The van der Waals surface area contributed by atoms with Crippen LogP contribution in [0.4, 0.5) is 0 Å². The largest absolute Gasteiger partial charge is 0.497 e. The Kier molecular flexibility index (Phi) is 8.21. The highest BCUT2D eigenvalue weighted by Gasteiger charge is 2.54. The number of rotatable bonds is 7. The van der Waals surface area contributed by atoms with E-state index in [4.69, 9.17) is 34.6 Å². The summed E-state index contributed by atoms with van der Waals surface area (Å²) < 4.78 is 16.4. The molecule has 2 bridgehead atoms. The highest BCUT2D eigenvalue weighted by atomic mass is 16.7. The van der Waals surface area contributed by atoms with Crippen LogP contribution in [0.2, 0.25) is 0 Å². The Labute approximate surface area is 237 Å². The third-order valence-corrected chi connectivity index (χ3v) is 9.01. The minimum Gasteiger partial charge on any atom is -0.497 e. The third kappa shape index (κ3) is 5.49. The van der Waals surface area contributed by atoms with Gasteiger partial charge in [0.25, 0.3) is 0 Å². The average molecular weight is 570 g/mol. The standard InChI is InChI=1S/C26H29NO4.C4H6O6/c1-29-19-7-5-17-12-22-20-4-2-3-9-26(20,21(17)14-19)10-11-27(22)15-23(28)18-6-8-24-25(13-18)31-16-30-24;5-1(3(7)8)2(6)4(9)10/h5-8,13-14,20,22H,2-4,9-12,15-16H2,1H3;1-2,5-6H,(H,7,8)(H,9,10)/t20-,22+,26+;1-,2-/m01/s1. The predicted octanol–water partition coefficient (Wildman–Crippen LogP) is 2.24. The molecule has 11 heteroatoms. The van der Waals surface area contributed by atoms with Gasteiger partial charge in [-0.3, -0.25) is 9.69 Å². The Bertz CT molecular complexity index is 1310. The zero-order valence-corrected chi connectivity index (χ0v) is 22.8. The van der Waals surface area contributed by atoms with Crippen molar-refractivity contribution in [3.05, 3.63) is 53.1 Å². The molecule has 41 heavy (non-hydrogen) atoms. The number of hydrogen-bond donors (Lipinski definition) is 4. The molecule has 6 rings (SSSR count). The van der Waals surface area contributed by atoms with Crippen LogP contribution in [0, 0.1) is 5.92 Å². The first-order chi connectivity index (χ1) is 19.6. The Morgan fingerprint density at radius 3 is 2.44 bits per heavy atom. The monoisotopic (exact) mass is 569 g/mol. The van der Waals surface area contributed by atoms with Crippen molar-refractivity contribution in [3.63, 3.8) is 0 Å². The van der Waals surface area contributed by atoms with E-state index in [1.165, 1.54) is 36.8 Å². The second-order valence-electron chi connectivity index (χ2n) is 11.1. The van der Waals surface area contributed by atoms with E-state index >= 15 is 0 Å². The molecular formula is C30H35NO10. The van der Waals surface area contributed by atoms with Gasteiger partial charge in [0.1, 0.15) is 5.75 Å². The van der Waals surface area contributed by atoms with Gasteiger partial charge in [0.2, 0.25) is 6.79 Å². The first-order valence-corrected chi connectivity index (χ1v) is 13.8. The number of methoxy groups -OCH3 is 1. The molecule has 2 heterocycles. The molecule has 1 saturated heterocycles. The van der Waals surface area contributed by atoms with Crippen LogP contribution in [0.1, 0.15) is 53.6 Å². The number of aliphatic carboxylic acids is 2. The van der Waals surface area contributed by atoms with Crippen LogP contribution >= 0.6 is 0 Å². The Morgan fingerprint density at radius 2 is 1.73 bits per heavy atom. The van der Waals surface area contributed by atoms with Crippen LogP contribution in [0.3, 0.4) is 0 Å². The number of ketones is 1. The molecule has 2 aromatic carbocycles. The van der Waals surface area contributed by atoms with Crippen molar-refractivity contribution in [1.82, 2.24) is 4.90 Å². The molecule has 2 aliphatic heterocycles. The number of Topliss-reactive ketones (excluding diaryl/α,β-unsaturated/α-hetero) is 1. The lowest BCUT2D eigenvalue weighted by molar-refractivity contribution is -0.165. The number of aliphatic hydroxyl groups excluding tert-OH is 2. The molecule has 0 amide bonds. The van der Waals surface area contributed by atoms with Crippen molar-refractivity contribution >= 4 is 17.7 Å². The quantitative estimate of drug-likeness (QED) is 0.362. The summed E-state index contributed by atoms with van der Waals surface area (Å²) in [6.45, 7) is 1.69. The third-order valence-electron chi connectivity index (χ3n) is 9.01. The summed E-state index contributed by atoms with van der Waals surface area (Å²) in [6, 6.07) is 12.6. The summed E-state index contributed by atoms with van der Waals surface area (Å²) in [5.74, 6) is -0.375. The van der Waals surface area contributed by atoms with E-state index in [0.717, 1.165) is 30.9 Å². The fraction of sp³-hybridized carbons (Fsp3) is 0.500. The SMILES string of the molecule is COc1ccc2c(c1)[C@@]13CCCC[C@H]1[C@@H](C2)N(CC(=O)c1ccc2c(c1)OCO2)CC3.O=C(O)[C@H](O)[C@@H](O)C(=O)O. The van der Waals surface area contributed by atoms with E-state index in [9.17, 15) is 14.4 Å². The molecule has 4 N–H and O–H groups in total. The van der Waals surface area contributed by atoms with Gasteiger partial charge in [-0.15, -0.1) is 0 Å². The first kappa shape index (κ1) is 28.8. The van der Waals surface area contributed by atoms with E-state index in [1.807, 2.05) is 18.2 Å². The molecule has 5 atom stereocenters. The normalized spacial score (nSPS) is 25.4. The number of carbonyl (C=O) groups excluding carboxylic acids is 1. The fourth-order valence-electron chi connectivity index (χ4n) is 7.00. The van der Waals surface area contributed by atoms with E-state index < -0.39 is 24.1 Å². The van der Waals surface area contributed by atoms with Crippen molar-refractivity contribution in [3.8, 4) is 17.2 Å². The molecule has 4 aliphatic rings. The second-order valence-corrected chi connectivity index (χ2v) is 11.1. The highest BCUT2D eigenvalue weighted by Crippen LogP contribution is 2.56. The van der Waals surface area contributed by atoms with Crippen LogP contribution < -0.4 is 14.2 Å². The van der Waals surface area contributed by atoms with Gasteiger partial charge >= 0.3 is 11.9 Å². The van der Waals surface area contributed by atoms with Crippen molar-refractivity contribution in [2.75, 3.05) is 27.0 Å². The maximum absolute atomic E-state index is 13.2. The lowest BCUT2D eigenvalue weighted by Crippen LogP contribution is -2.61. The maximum Gasteiger partial charge on any atom is 0.335 e. The van der Waals surface area contributed by atoms with E-state index in [1.54, 1.807) is 7.11 Å². The lowest BCUT2D eigenvalue weighted by atomic mass is 9.52. The molecule has 1 saturated carbocycles. The number of ether oxygens (including phenoxy) is 3. The number of carboxylic acids is 2. The van der Waals surface area contributed by atoms with Crippen molar-refractivity contribution < 1.29 is 49.0 Å². The molecule has 0 radical (unpaired) electrons. The van der Waals surface area contributed by atoms with Gasteiger partial charge < -0.3 is 34.6 Å². The number of carbonyl (C=O) groups is 3. The highest BCUT2D eigenvalue weighted by molar-refractivity contribution is 5.98. The molecule has 0 unspecified atom stereocenters. The van der Waals surface area contributed by atoms with Crippen LogP contribution in [0.25, 0.3) is 0 Å². The molecule has 11 nitrogen and oxygen atoms in total. The van der Waals surface area contributed by atoms with Gasteiger partial charge in [0.15, 0.2) is 29.5 Å². The number of fused-ring (bicyclic) bond motifs is 2. The van der Waals surface area contributed by atoms with Gasteiger partial charge in [0.05, 0.1) is 13.7 Å². The number of nitrogens with zero attached hydrogens (tertiary/aromatic N) is 1. The Balaban J connectivity index is 0.000000292. The molecule has 2 fully saturated rings. The van der Waals surface area contributed by atoms with E-state index in [2.05, 4.69) is 23.1 Å². The second kappa shape index (κ2) is 11.7. The molecular weight excluding hydrogens is 534 g/mol. The molecule has 2 aromatic rings. The number of aliphatic hydroxyl groups is 2. The van der Waals surface area contributed by atoms with Crippen LogP contribution in [0.5, 0.6) is 17.2 Å². The number of benzene rings is 2. The molecule has 220 valence electrons. The van der Waals surface area contributed by atoms with Gasteiger partial charge in [-0.25, -0.2) is 9.59 Å². The van der Waals surface area contributed by atoms with Crippen LogP contribution in [0.15, 0.2) is 36.4 Å².